The van der Waals surface area contributed by atoms with Crippen molar-refractivity contribution in [2.75, 3.05) is 45.7 Å². The lowest BCUT2D eigenvalue weighted by Crippen LogP contribution is -2.49. The van der Waals surface area contributed by atoms with Gasteiger partial charge in [-0.05, 0) is 54.7 Å². The van der Waals surface area contributed by atoms with Crippen LogP contribution in [0.1, 0.15) is 5.56 Å². The Morgan fingerprint density at radius 3 is 2.37 bits per heavy atom. The van der Waals surface area contributed by atoms with E-state index in [9.17, 15) is 4.39 Å². The number of rotatable bonds is 5. The molecule has 2 aromatic carbocycles. The van der Waals surface area contributed by atoms with Crippen molar-refractivity contribution < 1.29 is 13.9 Å². The summed E-state index contributed by atoms with van der Waals surface area (Å²) in [5.41, 5.74) is 1.90. The van der Waals surface area contributed by atoms with Crippen LogP contribution < -0.4 is 14.8 Å². The van der Waals surface area contributed by atoms with Crippen molar-refractivity contribution in [3.05, 3.63) is 53.8 Å². The summed E-state index contributed by atoms with van der Waals surface area (Å²) in [7, 11) is 3.35. The topological polar surface area (TPSA) is 37.0 Å². The van der Waals surface area contributed by atoms with Crippen LogP contribution in [0.4, 0.5) is 10.1 Å². The van der Waals surface area contributed by atoms with E-state index in [2.05, 4.69) is 15.1 Å². The number of ether oxygens (including phenoxy) is 2. The molecule has 27 heavy (non-hydrogen) atoms. The van der Waals surface area contributed by atoms with Crippen molar-refractivity contribution in [3.63, 3.8) is 0 Å². The molecule has 0 aromatic heterocycles. The van der Waals surface area contributed by atoms with Gasteiger partial charge in [0.2, 0.25) is 0 Å². The van der Waals surface area contributed by atoms with Gasteiger partial charge in [-0.25, -0.2) is 4.39 Å². The van der Waals surface area contributed by atoms with Crippen LogP contribution in [0.3, 0.4) is 0 Å². The minimum atomic E-state index is -0.256. The van der Waals surface area contributed by atoms with E-state index in [1.165, 1.54) is 12.1 Å². The lowest BCUT2D eigenvalue weighted by atomic mass is 10.1. The third-order valence-corrected chi connectivity index (χ3v) is 5.00. The molecule has 0 aliphatic carbocycles. The highest BCUT2D eigenvalue weighted by Gasteiger charge is 2.20. The van der Waals surface area contributed by atoms with Crippen molar-refractivity contribution >= 4 is 23.0 Å². The maximum atomic E-state index is 13.0. The quantitative estimate of drug-likeness (QED) is 0.791. The predicted octanol–water partition coefficient (Wildman–Crippen LogP) is 3.36. The summed E-state index contributed by atoms with van der Waals surface area (Å²) in [5, 5.41) is 3.84. The van der Waals surface area contributed by atoms with Gasteiger partial charge in [-0.2, -0.15) is 0 Å². The molecule has 1 heterocycles. The summed E-state index contributed by atoms with van der Waals surface area (Å²) in [6, 6.07) is 12.1. The minimum Gasteiger partial charge on any atom is -0.497 e. The Morgan fingerprint density at radius 2 is 1.74 bits per heavy atom. The SMILES string of the molecule is COc1ccc(OC)c(CN2CCN(C(=S)Nc3ccc(F)cc3)CC2)c1. The Bertz CT molecular complexity index is 777. The normalized spacial score (nSPS) is 14.7. The second kappa shape index (κ2) is 9.01. The molecule has 3 rings (SSSR count). The number of methoxy groups -OCH3 is 2. The van der Waals surface area contributed by atoms with E-state index < -0.39 is 0 Å². The molecular formula is C20H24FN3O2S. The highest BCUT2D eigenvalue weighted by molar-refractivity contribution is 7.80. The van der Waals surface area contributed by atoms with Gasteiger partial charge in [0.25, 0.3) is 0 Å². The number of anilines is 1. The van der Waals surface area contributed by atoms with Gasteiger partial charge in [0.05, 0.1) is 14.2 Å². The van der Waals surface area contributed by atoms with Gasteiger partial charge in [0.1, 0.15) is 17.3 Å². The first-order valence-electron chi connectivity index (χ1n) is 8.84. The molecule has 1 fully saturated rings. The van der Waals surface area contributed by atoms with Gasteiger partial charge in [-0.3, -0.25) is 4.90 Å². The van der Waals surface area contributed by atoms with Crippen molar-refractivity contribution in [1.29, 1.82) is 0 Å². The van der Waals surface area contributed by atoms with Crippen LogP contribution in [-0.2, 0) is 6.54 Å². The molecule has 5 nitrogen and oxygen atoms in total. The van der Waals surface area contributed by atoms with Gasteiger partial charge in [-0.1, -0.05) is 0 Å². The van der Waals surface area contributed by atoms with E-state index in [0.717, 1.165) is 55.5 Å². The van der Waals surface area contributed by atoms with E-state index in [1.54, 1.807) is 26.4 Å². The maximum absolute atomic E-state index is 13.0. The Hall–Kier alpha value is -2.38. The van der Waals surface area contributed by atoms with Crippen molar-refractivity contribution in [3.8, 4) is 11.5 Å². The molecule has 0 radical (unpaired) electrons. The van der Waals surface area contributed by atoms with E-state index in [0.29, 0.717) is 5.11 Å². The summed E-state index contributed by atoms with van der Waals surface area (Å²) in [6.07, 6.45) is 0. The van der Waals surface area contributed by atoms with Crippen LogP contribution in [0.2, 0.25) is 0 Å². The predicted molar refractivity (Wildman–Crippen MR) is 109 cm³/mol. The smallest absolute Gasteiger partial charge is 0.173 e. The molecule has 1 aliphatic rings. The number of hydrogen-bond donors (Lipinski definition) is 1. The number of nitrogens with zero attached hydrogens (tertiary/aromatic N) is 2. The largest absolute Gasteiger partial charge is 0.497 e. The van der Waals surface area contributed by atoms with Crippen LogP contribution in [0.15, 0.2) is 42.5 Å². The summed E-state index contributed by atoms with van der Waals surface area (Å²) in [4.78, 5) is 4.51. The highest BCUT2D eigenvalue weighted by Crippen LogP contribution is 2.25. The average Bonchev–Trinajstić information content (AvgIpc) is 2.70. The van der Waals surface area contributed by atoms with Crippen molar-refractivity contribution in [1.82, 2.24) is 9.80 Å². The summed E-state index contributed by atoms with van der Waals surface area (Å²) >= 11 is 5.50. The molecule has 0 atom stereocenters. The number of piperazine rings is 1. The molecule has 7 heteroatoms. The maximum Gasteiger partial charge on any atom is 0.173 e. The standard InChI is InChI=1S/C20H24FN3O2S/c1-25-18-7-8-19(26-2)15(13-18)14-23-9-11-24(12-10-23)20(27)22-17-5-3-16(21)4-6-17/h3-8,13H,9-12,14H2,1-2H3,(H,22,27). The Labute approximate surface area is 164 Å². The van der Waals surface area contributed by atoms with E-state index >= 15 is 0 Å². The fourth-order valence-electron chi connectivity index (χ4n) is 3.09. The number of thiocarbonyl (C=S) groups is 1. The van der Waals surface area contributed by atoms with E-state index in [1.807, 2.05) is 18.2 Å². The number of hydrogen-bond acceptors (Lipinski definition) is 4. The van der Waals surface area contributed by atoms with Gasteiger partial charge in [0.15, 0.2) is 5.11 Å². The molecule has 0 bridgehead atoms. The Kier molecular flexibility index (Phi) is 6.47. The number of benzene rings is 2. The first kappa shape index (κ1) is 19.4. The third kappa shape index (κ3) is 5.08. The van der Waals surface area contributed by atoms with E-state index in [-0.39, 0.29) is 5.82 Å². The highest BCUT2D eigenvalue weighted by atomic mass is 32.1. The van der Waals surface area contributed by atoms with Crippen LogP contribution in [0.5, 0.6) is 11.5 Å². The fourth-order valence-corrected chi connectivity index (χ4v) is 3.39. The molecular weight excluding hydrogens is 365 g/mol. The number of halogens is 1. The van der Waals surface area contributed by atoms with Crippen LogP contribution >= 0.6 is 12.2 Å². The summed E-state index contributed by atoms with van der Waals surface area (Å²) < 4.78 is 23.8. The lowest BCUT2D eigenvalue weighted by molar-refractivity contribution is 0.175. The molecule has 144 valence electrons. The summed E-state index contributed by atoms with van der Waals surface area (Å²) in [6.45, 7) is 4.25. The first-order valence-corrected chi connectivity index (χ1v) is 9.24. The van der Waals surface area contributed by atoms with Crippen LogP contribution in [0, 0.1) is 5.82 Å². The van der Waals surface area contributed by atoms with E-state index in [4.69, 9.17) is 21.7 Å². The molecule has 2 aromatic rings. The molecule has 1 N–H and O–H groups in total. The zero-order chi connectivity index (χ0) is 19.2. The monoisotopic (exact) mass is 389 g/mol. The second-order valence-corrected chi connectivity index (χ2v) is 6.76. The molecule has 1 saturated heterocycles. The zero-order valence-corrected chi connectivity index (χ0v) is 16.4. The fraction of sp³-hybridized carbons (Fsp3) is 0.350. The number of nitrogens with one attached hydrogen (secondary N) is 1. The van der Waals surface area contributed by atoms with Crippen LogP contribution in [-0.4, -0.2) is 55.3 Å². The third-order valence-electron chi connectivity index (χ3n) is 4.64. The second-order valence-electron chi connectivity index (χ2n) is 6.38. The zero-order valence-electron chi connectivity index (χ0n) is 15.6. The van der Waals surface area contributed by atoms with Gasteiger partial charge in [-0.15, -0.1) is 0 Å². The molecule has 1 aliphatic heterocycles. The Morgan fingerprint density at radius 1 is 1.04 bits per heavy atom. The van der Waals surface area contributed by atoms with Crippen molar-refractivity contribution in [2.45, 2.75) is 6.54 Å². The first-order chi connectivity index (χ1) is 13.1. The Balaban J connectivity index is 1.54. The summed E-state index contributed by atoms with van der Waals surface area (Å²) in [5.74, 6) is 1.44. The molecule has 0 amide bonds. The van der Waals surface area contributed by atoms with Gasteiger partial charge in [0, 0.05) is 44.0 Å². The molecule has 0 saturated carbocycles. The molecule has 0 unspecified atom stereocenters. The molecule has 0 spiro atoms. The van der Waals surface area contributed by atoms with Gasteiger partial charge < -0.3 is 19.7 Å². The van der Waals surface area contributed by atoms with Crippen LogP contribution in [0.25, 0.3) is 0 Å². The van der Waals surface area contributed by atoms with Crippen molar-refractivity contribution in [2.24, 2.45) is 0 Å². The minimum absolute atomic E-state index is 0.256. The lowest BCUT2D eigenvalue weighted by Gasteiger charge is -2.36. The average molecular weight is 389 g/mol. The van der Waals surface area contributed by atoms with Gasteiger partial charge >= 0.3 is 0 Å².